The Morgan fingerprint density at radius 1 is 1.50 bits per heavy atom. The SMILES string of the molecule is COc1ccc(OC(C)C(=O)NC2CC2)c(Br)c1. The van der Waals surface area contributed by atoms with E-state index in [-0.39, 0.29) is 5.91 Å². The van der Waals surface area contributed by atoms with Gasteiger partial charge in [-0.15, -0.1) is 0 Å². The van der Waals surface area contributed by atoms with Crippen LogP contribution in [0.5, 0.6) is 11.5 Å². The molecule has 5 heteroatoms. The maximum absolute atomic E-state index is 11.8. The summed E-state index contributed by atoms with van der Waals surface area (Å²) in [6.45, 7) is 1.74. The zero-order valence-electron chi connectivity index (χ0n) is 10.4. The molecular weight excluding hydrogens is 298 g/mol. The second-order valence-electron chi connectivity index (χ2n) is 4.34. The Kier molecular flexibility index (Phi) is 4.11. The fourth-order valence-corrected chi connectivity index (χ4v) is 1.95. The van der Waals surface area contributed by atoms with Gasteiger partial charge in [-0.25, -0.2) is 0 Å². The van der Waals surface area contributed by atoms with E-state index in [1.807, 2.05) is 0 Å². The summed E-state index contributed by atoms with van der Waals surface area (Å²) in [5.41, 5.74) is 0. The van der Waals surface area contributed by atoms with Gasteiger partial charge in [-0.2, -0.15) is 0 Å². The number of benzene rings is 1. The minimum Gasteiger partial charge on any atom is -0.497 e. The first-order chi connectivity index (χ1) is 8.60. The molecule has 1 atom stereocenters. The smallest absolute Gasteiger partial charge is 0.260 e. The standard InChI is InChI=1S/C13H16BrNO3/c1-8(13(16)15-9-3-4-9)18-12-6-5-10(17-2)7-11(12)14/h5-9H,3-4H2,1-2H3,(H,15,16). The van der Waals surface area contributed by atoms with Crippen molar-refractivity contribution in [3.05, 3.63) is 22.7 Å². The molecule has 1 aliphatic rings. The summed E-state index contributed by atoms with van der Waals surface area (Å²) >= 11 is 3.39. The molecule has 1 fully saturated rings. The van der Waals surface area contributed by atoms with Crippen molar-refractivity contribution in [1.29, 1.82) is 0 Å². The molecule has 1 aromatic carbocycles. The molecule has 18 heavy (non-hydrogen) atoms. The summed E-state index contributed by atoms with van der Waals surface area (Å²) in [7, 11) is 1.61. The van der Waals surface area contributed by atoms with E-state index in [1.54, 1.807) is 32.2 Å². The van der Waals surface area contributed by atoms with Crippen molar-refractivity contribution in [1.82, 2.24) is 5.32 Å². The lowest BCUT2D eigenvalue weighted by molar-refractivity contribution is -0.127. The highest BCUT2D eigenvalue weighted by Crippen LogP contribution is 2.30. The van der Waals surface area contributed by atoms with E-state index >= 15 is 0 Å². The fraction of sp³-hybridized carbons (Fsp3) is 0.462. The van der Waals surface area contributed by atoms with Crippen molar-refractivity contribution in [2.24, 2.45) is 0 Å². The van der Waals surface area contributed by atoms with E-state index in [9.17, 15) is 4.79 Å². The average Bonchev–Trinajstić information content (AvgIpc) is 3.15. The van der Waals surface area contributed by atoms with Gasteiger partial charge in [0.1, 0.15) is 11.5 Å². The van der Waals surface area contributed by atoms with Gasteiger partial charge >= 0.3 is 0 Å². The molecule has 0 heterocycles. The monoisotopic (exact) mass is 313 g/mol. The number of hydrogen-bond acceptors (Lipinski definition) is 3. The molecule has 4 nitrogen and oxygen atoms in total. The van der Waals surface area contributed by atoms with Crippen LogP contribution in [0.1, 0.15) is 19.8 Å². The molecule has 1 aromatic rings. The molecule has 1 saturated carbocycles. The molecule has 0 aromatic heterocycles. The van der Waals surface area contributed by atoms with Gasteiger partial charge in [-0.05, 0) is 53.9 Å². The zero-order chi connectivity index (χ0) is 13.1. The quantitative estimate of drug-likeness (QED) is 0.908. The summed E-state index contributed by atoms with van der Waals surface area (Å²) in [5, 5.41) is 2.91. The van der Waals surface area contributed by atoms with E-state index in [4.69, 9.17) is 9.47 Å². The van der Waals surface area contributed by atoms with Crippen LogP contribution in [-0.2, 0) is 4.79 Å². The van der Waals surface area contributed by atoms with Crippen LogP contribution in [0, 0.1) is 0 Å². The summed E-state index contributed by atoms with van der Waals surface area (Å²) in [6, 6.07) is 5.74. The number of carbonyl (C=O) groups excluding carboxylic acids is 1. The van der Waals surface area contributed by atoms with Crippen LogP contribution in [0.4, 0.5) is 0 Å². The molecule has 0 spiro atoms. The van der Waals surface area contributed by atoms with Crippen LogP contribution in [0.3, 0.4) is 0 Å². The summed E-state index contributed by atoms with van der Waals surface area (Å²) in [4.78, 5) is 11.8. The lowest BCUT2D eigenvalue weighted by Crippen LogP contribution is -2.37. The Labute approximate surface area is 115 Å². The lowest BCUT2D eigenvalue weighted by Gasteiger charge is -2.16. The Morgan fingerprint density at radius 2 is 2.22 bits per heavy atom. The zero-order valence-corrected chi connectivity index (χ0v) is 12.0. The van der Waals surface area contributed by atoms with E-state index in [0.29, 0.717) is 11.8 Å². The number of hydrogen-bond donors (Lipinski definition) is 1. The van der Waals surface area contributed by atoms with Gasteiger partial charge in [-0.1, -0.05) is 0 Å². The van der Waals surface area contributed by atoms with Gasteiger partial charge in [-0.3, -0.25) is 4.79 Å². The molecule has 1 amide bonds. The van der Waals surface area contributed by atoms with Crippen molar-refractivity contribution < 1.29 is 14.3 Å². The highest BCUT2D eigenvalue weighted by Gasteiger charge is 2.26. The lowest BCUT2D eigenvalue weighted by atomic mass is 10.3. The molecule has 98 valence electrons. The fourth-order valence-electron chi connectivity index (χ4n) is 1.49. The van der Waals surface area contributed by atoms with Crippen molar-refractivity contribution in [3.63, 3.8) is 0 Å². The number of methoxy groups -OCH3 is 1. The van der Waals surface area contributed by atoms with Crippen molar-refractivity contribution in [2.45, 2.75) is 31.9 Å². The van der Waals surface area contributed by atoms with Crippen LogP contribution < -0.4 is 14.8 Å². The van der Waals surface area contributed by atoms with Crippen molar-refractivity contribution >= 4 is 21.8 Å². The van der Waals surface area contributed by atoms with Crippen molar-refractivity contribution in [3.8, 4) is 11.5 Å². The highest BCUT2D eigenvalue weighted by molar-refractivity contribution is 9.10. The van der Waals surface area contributed by atoms with Crippen LogP contribution in [0.15, 0.2) is 22.7 Å². The minimum absolute atomic E-state index is 0.0692. The third kappa shape index (κ3) is 3.38. The molecule has 0 saturated heterocycles. The molecule has 1 aliphatic carbocycles. The van der Waals surface area contributed by atoms with Gasteiger partial charge in [0.25, 0.3) is 5.91 Å². The average molecular weight is 314 g/mol. The maximum atomic E-state index is 11.8. The molecular formula is C13H16BrNO3. The number of halogens is 1. The predicted octanol–water partition coefficient (Wildman–Crippen LogP) is 2.50. The summed E-state index contributed by atoms with van der Waals surface area (Å²) in [6.07, 6.45) is 1.64. The Balaban J connectivity index is 1.96. The molecule has 1 unspecified atom stereocenters. The third-order valence-corrected chi connectivity index (χ3v) is 3.36. The highest BCUT2D eigenvalue weighted by atomic mass is 79.9. The Morgan fingerprint density at radius 3 is 2.78 bits per heavy atom. The number of carbonyl (C=O) groups is 1. The molecule has 2 rings (SSSR count). The van der Waals surface area contributed by atoms with Gasteiger partial charge in [0.15, 0.2) is 6.10 Å². The van der Waals surface area contributed by atoms with Crippen molar-refractivity contribution in [2.75, 3.05) is 7.11 Å². The second-order valence-corrected chi connectivity index (χ2v) is 5.19. The molecule has 1 N–H and O–H groups in total. The first kappa shape index (κ1) is 13.2. The number of rotatable bonds is 5. The summed E-state index contributed by atoms with van der Waals surface area (Å²) in [5.74, 6) is 1.30. The summed E-state index contributed by atoms with van der Waals surface area (Å²) < 4.78 is 11.5. The van der Waals surface area contributed by atoms with Crippen LogP contribution in [-0.4, -0.2) is 25.2 Å². The van der Waals surface area contributed by atoms with Gasteiger partial charge in [0.2, 0.25) is 0 Å². The first-order valence-corrected chi connectivity index (χ1v) is 6.70. The molecule has 0 aliphatic heterocycles. The van der Waals surface area contributed by atoms with Crippen LogP contribution in [0.2, 0.25) is 0 Å². The third-order valence-electron chi connectivity index (χ3n) is 2.74. The number of nitrogens with one attached hydrogen (secondary N) is 1. The van der Waals surface area contributed by atoms with E-state index < -0.39 is 6.10 Å². The normalized spacial score (nSPS) is 15.9. The minimum atomic E-state index is -0.504. The van der Waals surface area contributed by atoms with E-state index in [2.05, 4.69) is 21.2 Å². The topological polar surface area (TPSA) is 47.6 Å². The number of ether oxygens (including phenoxy) is 2. The second kappa shape index (κ2) is 5.61. The van der Waals surface area contributed by atoms with Crippen LogP contribution in [0.25, 0.3) is 0 Å². The maximum Gasteiger partial charge on any atom is 0.260 e. The first-order valence-electron chi connectivity index (χ1n) is 5.90. The Bertz CT molecular complexity index is 446. The largest absolute Gasteiger partial charge is 0.497 e. The van der Waals surface area contributed by atoms with E-state index in [0.717, 1.165) is 23.1 Å². The Hall–Kier alpha value is -1.23. The predicted molar refractivity (Wildman–Crippen MR) is 71.9 cm³/mol. The molecule has 0 bridgehead atoms. The van der Waals surface area contributed by atoms with E-state index in [1.165, 1.54) is 0 Å². The molecule has 0 radical (unpaired) electrons. The number of amides is 1. The van der Waals surface area contributed by atoms with Gasteiger partial charge < -0.3 is 14.8 Å². The van der Waals surface area contributed by atoms with Gasteiger partial charge in [0, 0.05) is 6.04 Å². The van der Waals surface area contributed by atoms with Gasteiger partial charge in [0.05, 0.1) is 11.6 Å². The van der Waals surface area contributed by atoms with Crippen LogP contribution >= 0.6 is 15.9 Å².